The van der Waals surface area contributed by atoms with Crippen molar-refractivity contribution in [3.8, 4) is 11.6 Å². The first-order chi connectivity index (χ1) is 28.3. The fourth-order valence-electron chi connectivity index (χ4n) is 10.1. The second-order valence-electron chi connectivity index (χ2n) is 18.2. The second kappa shape index (κ2) is 15.5. The van der Waals surface area contributed by atoms with E-state index < -0.39 is 68.7 Å². The average molecular weight is 833 g/mol. The van der Waals surface area contributed by atoms with Gasteiger partial charge in [-0.3, -0.25) is 19.1 Å². The van der Waals surface area contributed by atoms with E-state index in [9.17, 15) is 22.8 Å². The van der Waals surface area contributed by atoms with Gasteiger partial charge in [-0.1, -0.05) is 32.4 Å². The van der Waals surface area contributed by atoms with Crippen LogP contribution in [0.25, 0.3) is 10.8 Å². The van der Waals surface area contributed by atoms with Crippen molar-refractivity contribution in [2.45, 2.75) is 120 Å². The van der Waals surface area contributed by atoms with Crippen LogP contribution in [0.15, 0.2) is 36.5 Å². The lowest BCUT2D eigenvalue weighted by Gasteiger charge is -2.34. The zero-order valence-electron chi connectivity index (χ0n) is 34.1. The van der Waals surface area contributed by atoms with Gasteiger partial charge in [0.25, 0.3) is 5.91 Å². The number of fused-ring (bicyclic) bond motifs is 6. The molecule has 15 nitrogen and oxygen atoms in total. The molecule has 3 N–H and O–H groups in total. The van der Waals surface area contributed by atoms with Gasteiger partial charge in [0.1, 0.15) is 36.4 Å². The van der Waals surface area contributed by atoms with Crippen LogP contribution in [0.1, 0.15) is 84.5 Å². The lowest BCUT2D eigenvalue weighted by molar-refractivity contribution is -0.142. The monoisotopic (exact) mass is 832 g/mol. The highest BCUT2D eigenvalue weighted by molar-refractivity contribution is 7.91. The maximum absolute atomic E-state index is 15.1. The molecule has 0 spiro atoms. The van der Waals surface area contributed by atoms with Crippen molar-refractivity contribution in [2.24, 2.45) is 29.6 Å². The maximum atomic E-state index is 15.1. The second-order valence-corrected chi connectivity index (χ2v) is 20.2. The van der Waals surface area contributed by atoms with Crippen molar-refractivity contribution in [3.63, 3.8) is 0 Å². The zero-order chi connectivity index (χ0) is 41.2. The number of hydrogen-bond donors (Lipinski definition) is 3. The lowest BCUT2D eigenvalue weighted by atomic mass is 9.85. The minimum Gasteiger partial charge on any atom is -0.489 e. The maximum Gasteiger partial charge on any atom is 0.408 e. The highest BCUT2D eigenvalue weighted by Gasteiger charge is 2.62. The molecule has 0 bridgehead atoms. The van der Waals surface area contributed by atoms with Crippen LogP contribution in [-0.4, -0.2) is 104 Å². The van der Waals surface area contributed by atoms with Crippen LogP contribution in [0.4, 0.5) is 10.5 Å². The molecule has 1 unspecified atom stereocenters. The van der Waals surface area contributed by atoms with E-state index in [0.717, 1.165) is 42.6 Å². The smallest absolute Gasteiger partial charge is 0.408 e. The van der Waals surface area contributed by atoms with E-state index in [1.807, 2.05) is 44.3 Å². The number of pyridine rings is 1. The van der Waals surface area contributed by atoms with Crippen LogP contribution >= 0.6 is 0 Å². The van der Waals surface area contributed by atoms with Crippen LogP contribution in [0, 0.1) is 29.6 Å². The summed E-state index contributed by atoms with van der Waals surface area (Å²) in [5, 5.41) is 6.83. The van der Waals surface area contributed by atoms with Crippen LogP contribution in [0.2, 0.25) is 0 Å². The number of ether oxygens (including phenoxy) is 3. The van der Waals surface area contributed by atoms with Gasteiger partial charge < -0.3 is 34.6 Å². The van der Waals surface area contributed by atoms with Crippen LogP contribution in [-0.2, 0) is 29.1 Å². The van der Waals surface area contributed by atoms with Crippen molar-refractivity contribution in [1.29, 1.82) is 0 Å². The standard InChI is InChI=1S/C43H56N6O9S/c1-4-25-17-24(2)7-5-6-8-28-22-43(28,41(52)47-59(54,55)31-9-10-31)46-38(50)35-21-30(23-49(35)40(51)36(25)45-42(53)58-29-19-26-18-27(26)20-29)57-39-33-11-12-34-37(32(33)13-14-44-39)56-16-15-48(34)3/h6,8,11-14,24-31,35-36H,4-5,7,9-10,15-23H2,1-3H3,(H,45,53)(H,46,50)(H,47,52)/b8-6-/t24-,25+,26-,27+,28+,29?,30+,35-,36-,43+/m0/s1. The predicted molar refractivity (Wildman–Crippen MR) is 218 cm³/mol. The van der Waals surface area contributed by atoms with Gasteiger partial charge in [-0.15, -0.1) is 0 Å². The van der Waals surface area contributed by atoms with Gasteiger partial charge in [-0.05, 0) is 99.7 Å². The fraction of sp³-hybridized carbons (Fsp3) is 0.651. The topological polar surface area (TPSA) is 186 Å². The molecule has 4 amide bonds. The highest BCUT2D eigenvalue weighted by atomic mass is 32.2. The Bertz CT molecular complexity index is 2150. The number of alkyl carbamates (subject to hydrolysis) is 1. The Kier molecular flexibility index (Phi) is 10.4. The molecule has 0 radical (unpaired) electrons. The Morgan fingerprint density at radius 2 is 1.83 bits per heavy atom. The molecule has 4 heterocycles. The Morgan fingerprint density at radius 3 is 2.59 bits per heavy atom. The molecule has 3 aliphatic heterocycles. The van der Waals surface area contributed by atoms with E-state index in [0.29, 0.717) is 61.8 Å². The molecule has 16 heteroatoms. The summed E-state index contributed by atoms with van der Waals surface area (Å²) in [6.07, 6.45) is 10.8. The first kappa shape index (κ1) is 39.8. The van der Waals surface area contributed by atoms with Gasteiger partial charge in [-0.25, -0.2) is 18.2 Å². The number of rotatable bonds is 8. The molecule has 1 saturated heterocycles. The summed E-state index contributed by atoms with van der Waals surface area (Å²) in [5.41, 5.74) is -0.555. The van der Waals surface area contributed by atoms with Gasteiger partial charge in [0.05, 0.1) is 24.0 Å². The molecule has 4 aliphatic carbocycles. The molecular formula is C43H56N6O9S. The molecule has 2 aromatic rings. The Labute approximate surface area is 345 Å². The molecule has 9 rings (SSSR count). The summed E-state index contributed by atoms with van der Waals surface area (Å²) >= 11 is 0. The van der Waals surface area contributed by atoms with Crippen molar-refractivity contribution >= 4 is 50.3 Å². The van der Waals surface area contributed by atoms with Gasteiger partial charge in [0, 0.05) is 36.4 Å². The number of carbonyl (C=O) groups excluding carboxylic acids is 4. The Morgan fingerprint density at radius 1 is 1.03 bits per heavy atom. The first-order valence-electron chi connectivity index (χ1n) is 21.6. The summed E-state index contributed by atoms with van der Waals surface area (Å²) < 4.78 is 46.8. The minimum absolute atomic E-state index is 0.00293. The predicted octanol–water partition coefficient (Wildman–Crippen LogP) is 4.19. The molecule has 7 aliphatic rings. The van der Waals surface area contributed by atoms with E-state index in [4.69, 9.17) is 14.2 Å². The number of carbonyl (C=O) groups is 4. The molecule has 318 valence electrons. The molecule has 1 aromatic carbocycles. The van der Waals surface area contributed by atoms with E-state index in [2.05, 4.69) is 32.2 Å². The summed E-state index contributed by atoms with van der Waals surface area (Å²) in [5.74, 6) is -0.0630. The lowest BCUT2D eigenvalue weighted by Crippen LogP contribution is -2.59. The Hall–Kier alpha value is -4.60. The Balaban J connectivity index is 1.04. The van der Waals surface area contributed by atoms with Gasteiger partial charge in [-0.2, -0.15) is 0 Å². The van der Waals surface area contributed by atoms with E-state index in [1.165, 1.54) is 11.3 Å². The molecule has 59 heavy (non-hydrogen) atoms. The number of nitrogens with one attached hydrogen (secondary N) is 3. The number of nitrogens with zero attached hydrogens (tertiary/aromatic N) is 3. The molecule has 1 aromatic heterocycles. The SMILES string of the molecule is CC[C@@H]1C[C@@H](C)CC/C=C\[C@@H]2C[C@@]2(C(=O)NS(=O)(=O)C2CC2)NC(=O)[C@@H]2C[C@@H](Oc3nccc4c5c(ccc34)N(C)CCO5)CN2C(=O)[C@H]1NC(=O)OC1C[C@@H]2C[C@@H]2C1. The molecule has 4 saturated carbocycles. The van der Waals surface area contributed by atoms with E-state index in [-0.39, 0.29) is 37.3 Å². The van der Waals surface area contributed by atoms with Crippen molar-refractivity contribution in [2.75, 3.05) is 31.6 Å². The fourth-order valence-corrected chi connectivity index (χ4v) is 11.4. The van der Waals surface area contributed by atoms with E-state index in [1.54, 1.807) is 6.20 Å². The molecule has 10 atom stereocenters. The molecule has 5 fully saturated rings. The summed E-state index contributed by atoms with van der Waals surface area (Å²) in [7, 11) is -1.89. The highest BCUT2D eigenvalue weighted by Crippen LogP contribution is 2.52. The van der Waals surface area contributed by atoms with Crippen molar-refractivity contribution < 1.29 is 41.8 Å². The normalized spacial score (nSPS) is 34.7. The quantitative estimate of drug-likeness (QED) is 0.324. The molecular weight excluding hydrogens is 777 g/mol. The van der Waals surface area contributed by atoms with Crippen molar-refractivity contribution in [3.05, 3.63) is 36.5 Å². The van der Waals surface area contributed by atoms with Crippen molar-refractivity contribution in [1.82, 2.24) is 25.2 Å². The third-order valence-electron chi connectivity index (χ3n) is 13.9. The first-order valence-corrected chi connectivity index (χ1v) is 23.1. The number of benzene rings is 1. The minimum atomic E-state index is -3.90. The van der Waals surface area contributed by atoms with E-state index >= 15 is 4.79 Å². The van der Waals surface area contributed by atoms with Crippen LogP contribution in [0.3, 0.4) is 0 Å². The summed E-state index contributed by atoms with van der Waals surface area (Å²) in [6, 6.07) is 3.67. The zero-order valence-corrected chi connectivity index (χ0v) is 34.9. The largest absolute Gasteiger partial charge is 0.489 e. The number of anilines is 1. The van der Waals surface area contributed by atoms with Crippen LogP contribution < -0.4 is 29.7 Å². The summed E-state index contributed by atoms with van der Waals surface area (Å²) in [4.78, 5) is 65.5. The number of aromatic nitrogens is 1. The third-order valence-corrected chi connectivity index (χ3v) is 15.7. The average Bonchev–Trinajstić information content (AvgIpc) is 4.17. The van der Waals surface area contributed by atoms with Gasteiger partial charge in [0.2, 0.25) is 27.7 Å². The number of likely N-dealkylation sites (N-methyl/N-ethyl adjacent to an activating group) is 1. The number of sulfonamides is 1. The van der Waals surface area contributed by atoms with Crippen LogP contribution in [0.5, 0.6) is 11.6 Å². The third kappa shape index (κ3) is 7.93. The number of allylic oxidation sites excluding steroid dienone is 1. The van der Waals surface area contributed by atoms with Gasteiger partial charge in [0.15, 0.2) is 5.75 Å². The van der Waals surface area contributed by atoms with Gasteiger partial charge >= 0.3 is 6.09 Å². The summed E-state index contributed by atoms with van der Waals surface area (Å²) in [6.45, 7) is 5.42. The number of amides is 4. The number of hydrogen-bond acceptors (Lipinski definition) is 11.